The van der Waals surface area contributed by atoms with E-state index in [2.05, 4.69) is 20.4 Å². The van der Waals surface area contributed by atoms with Gasteiger partial charge in [0.2, 0.25) is 0 Å². The molecule has 1 aliphatic heterocycles. The van der Waals surface area contributed by atoms with Gasteiger partial charge in [-0.05, 0) is 43.5 Å². The lowest BCUT2D eigenvalue weighted by Gasteiger charge is -2.27. The molecule has 3 rings (SSSR count). The monoisotopic (exact) mass is 284 g/mol. The van der Waals surface area contributed by atoms with E-state index in [0.717, 1.165) is 36.2 Å². The maximum atomic E-state index is 5.21. The van der Waals surface area contributed by atoms with Crippen LogP contribution in [0.25, 0.3) is 0 Å². The van der Waals surface area contributed by atoms with Gasteiger partial charge in [-0.1, -0.05) is 6.07 Å². The van der Waals surface area contributed by atoms with Gasteiger partial charge in [-0.25, -0.2) is 0 Å². The molecular formula is C16H20N4O. The molecule has 1 N–H and O–H groups in total. The summed E-state index contributed by atoms with van der Waals surface area (Å²) in [5.41, 5.74) is 0.939. The number of ether oxygens (including phenoxy) is 1. The summed E-state index contributed by atoms with van der Waals surface area (Å²) in [6, 6.07) is 11.8. The second-order valence-electron chi connectivity index (χ2n) is 5.18. The summed E-state index contributed by atoms with van der Waals surface area (Å²) in [6.07, 6.45) is 3.80. The van der Waals surface area contributed by atoms with Crippen LogP contribution < -0.4 is 15.0 Å². The summed E-state index contributed by atoms with van der Waals surface area (Å²) >= 11 is 0. The summed E-state index contributed by atoms with van der Waals surface area (Å²) in [6.45, 7) is 2.16. The van der Waals surface area contributed by atoms with Gasteiger partial charge in [0.1, 0.15) is 5.75 Å². The van der Waals surface area contributed by atoms with Crippen molar-refractivity contribution in [3.63, 3.8) is 0 Å². The van der Waals surface area contributed by atoms with Crippen LogP contribution in [-0.2, 0) is 0 Å². The molecule has 21 heavy (non-hydrogen) atoms. The van der Waals surface area contributed by atoms with Crippen LogP contribution in [0.4, 0.5) is 17.3 Å². The minimum atomic E-state index is 0.740. The van der Waals surface area contributed by atoms with Gasteiger partial charge in [-0.3, -0.25) is 0 Å². The van der Waals surface area contributed by atoms with E-state index in [0.29, 0.717) is 0 Å². The second kappa shape index (κ2) is 6.43. The van der Waals surface area contributed by atoms with E-state index < -0.39 is 0 Å². The number of piperidine rings is 1. The third-order valence-electron chi connectivity index (χ3n) is 3.67. The number of methoxy groups -OCH3 is 1. The van der Waals surface area contributed by atoms with Gasteiger partial charge in [0.05, 0.1) is 7.11 Å². The Kier molecular flexibility index (Phi) is 4.19. The standard InChI is InChI=1S/C16H20N4O/c1-21-14-7-5-6-13(12-14)17-15-8-9-16(19-18-15)20-10-3-2-4-11-20/h5-9,12H,2-4,10-11H2,1H3,(H,17,18). The highest BCUT2D eigenvalue weighted by Crippen LogP contribution is 2.21. The number of nitrogens with one attached hydrogen (secondary N) is 1. The van der Waals surface area contributed by atoms with Crippen LogP contribution in [0, 0.1) is 0 Å². The van der Waals surface area contributed by atoms with E-state index in [4.69, 9.17) is 4.74 Å². The van der Waals surface area contributed by atoms with Crippen molar-refractivity contribution < 1.29 is 4.74 Å². The molecule has 0 saturated carbocycles. The molecule has 1 aromatic heterocycles. The van der Waals surface area contributed by atoms with E-state index in [-0.39, 0.29) is 0 Å². The average molecular weight is 284 g/mol. The largest absolute Gasteiger partial charge is 0.497 e. The Labute approximate surface area is 125 Å². The van der Waals surface area contributed by atoms with Gasteiger partial charge >= 0.3 is 0 Å². The Morgan fingerprint density at radius 3 is 2.62 bits per heavy atom. The molecule has 5 heteroatoms. The fourth-order valence-corrected chi connectivity index (χ4v) is 2.53. The van der Waals surface area contributed by atoms with Gasteiger partial charge in [0, 0.05) is 24.8 Å². The molecule has 0 amide bonds. The lowest BCUT2D eigenvalue weighted by molar-refractivity contribution is 0.415. The summed E-state index contributed by atoms with van der Waals surface area (Å²) in [5, 5.41) is 11.8. The summed E-state index contributed by atoms with van der Waals surface area (Å²) in [4.78, 5) is 2.30. The van der Waals surface area contributed by atoms with E-state index in [1.165, 1.54) is 19.3 Å². The smallest absolute Gasteiger partial charge is 0.153 e. The van der Waals surface area contributed by atoms with Crippen LogP contribution in [0.3, 0.4) is 0 Å². The minimum absolute atomic E-state index is 0.740. The number of anilines is 3. The van der Waals surface area contributed by atoms with Gasteiger partial charge < -0.3 is 15.0 Å². The number of nitrogens with zero attached hydrogens (tertiary/aromatic N) is 3. The summed E-state index contributed by atoms with van der Waals surface area (Å²) < 4.78 is 5.21. The highest BCUT2D eigenvalue weighted by molar-refractivity contribution is 5.58. The van der Waals surface area contributed by atoms with Crippen LogP contribution in [0.1, 0.15) is 19.3 Å². The average Bonchev–Trinajstić information content (AvgIpc) is 2.56. The van der Waals surface area contributed by atoms with Crippen LogP contribution in [-0.4, -0.2) is 30.4 Å². The topological polar surface area (TPSA) is 50.3 Å². The second-order valence-corrected chi connectivity index (χ2v) is 5.18. The number of aromatic nitrogens is 2. The van der Waals surface area contributed by atoms with Gasteiger partial charge in [-0.2, -0.15) is 0 Å². The fourth-order valence-electron chi connectivity index (χ4n) is 2.53. The van der Waals surface area contributed by atoms with Crippen molar-refractivity contribution >= 4 is 17.3 Å². The third kappa shape index (κ3) is 3.42. The first kappa shape index (κ1) is 13.7. The molecule has 1 fully saturated rings. The summed E-state index contributed by atoms with van der Waals surface area (Å²) in [7, 11) is 1.66. The summed E-state index contributed by atoms with van der Waals surface area (Å²) in [5.74, 6) is 2.52. The first-order chi connectivity index (χ1) is 10.3. The number of benzene rings is 1. The highest BCUT2D eigenvalue weighted by Gasteiger charge is 2.12. The highest BCUT2D eigenvalue weighted by atomic mass is 16.5. The number of hydrogen-bond acceptors (Lipinski definition) is 5. The maximum Gasteiger partial charge on any atom is 0.153 e. The van der Waals surface area contributed by atoms with Crippen molar-refractivity contribution in [1.82, 2.24) is 10.2 Å². The normalized spacial score (nSPS) is 14.8. The molecule has 2 aromatic rings. The van der Waals surface area contributed by atoms with Crippen molar-refractivity contribution in [3.05, 3.63) is 36.4 Å². The minimum Gasteiger partial charge on any atom is -0.497 e. The van der Waals surface area contributed by atoms with Crippen LogP contribution in [0.15, 0.2) is 36.4 Å². The molecule has 0 atom stereocenters. The van der Waals surface area contributed by atoms with E-state index in [1.54, 1.807) is 7.11 Å². The van der Waals surface area contributed by atoms with Gasteiger partial charge in [0.25, 0.3) is 0 Å². The maximum absolute atomic E-state index is 5.21. The first-order valence-corrected chi connectivity index (χ1v) is 7.35. The molecular weight excluding hydrogens is 264 g/mol. The Morgan fingerprint density at radius 1 is 1.05 bits per heavy atom. The van der Waals surface area contributed by atoms with E-state index in [9.17, 15) is 0 Å². The van der Waals surface area contributed by atoms with Crippen LogP contribution >= 0.6 is 0 Å². The molecule has 2 heterocycles. The van der Waals surface area contributed by atoms with Crippen molar-refractivity contribution in [2.24, 2.45) is 0 Å². The van der Waals surface area contributed by atoms with Crippen LogP contribution in [0.5, 0.6) is 5.75 Å². The lowest BCUT2D eigenvalue weighted by Crippen LogP contribution is -2.30. The SMILES string of the molecule is COc1cccc(Nc2ccc(N3CCCCC3)nn2)c1. The van der Waals surface area contributed by atoms with Gasteiger partial charge in [-0.15, -0.1) is 10.2 Å². The molecule has 0 aliphatic carbocycles. The first-order valence-electron chi connectivity index (χ1n) is 7.35. The van der Waals surface area contributed by atoms with E-state index >= 15 is 0 Å². The molecule has 0 unspecified atom stereocenters. The molecule has 0 bridgehead atoms. The van der Waals surface area contributed by atoms with Crippen molar-refractivity contribution in [2.75, 3.05) is 30.4 Å². The predicted molar refractivity (Wildman–Crippen MR) is 84.4 cm³/mol. The quantitative estimate of drug-likeness (QED) is 0.934. The van der Waals surface area contributed by atoms with Crippen molar-refractivity contribution in [1.29, 1.82) is 0 Å². The molecule has 1 aliphatic rings. The Hall–Kier alpha value is -2.30. The molecule has 1 aromatic carbocycles. The Bertz CT molecular complexity index is 579. The molecule has 110 valence electrons. The number of hydrogen-bond donors (Lipinski definition) is 1. The van der Waals surface area contributed by atoms with Gasteiger partial charge in [0.15, 0.2) is 11.6 Å². The third-order valence-corrected chi connectivity index (χ3v) is 3.67. The van der Waals surface area contributed by atoms with Crippen molar-refractivity contribution in [2.45, 2.75) is 19.3 Å². The predicted octanol–water partition coefficient (Wildman–Crippen LogP) is 3.22. The lowest BCUT2D eigenvalue weighted by atomic mass is 10.1. The zero-order valence-electron chi connectivity index (χ0n) is 12.2. The number of rotatable bonds is 4. The zero-order chi connectivity index (χ0) is 14.5. The molecule has 1 saturated heterocycles. The van der Waals surface area contributed by atoms with Crippen molar-refractivity contribution in [3.8, 4) is 5.75 Å². The van der Waals surface area contributed by atoms with E-state index in [1.807, 2.05) is 36.4 Å². The Morgan fingerprint density at radius 2 is 1.90 bits per heavy atom. The zero-order valence-corrected chi connectivity index (χ0v) is 12.2. The molecule has 0 spiro atoms. The molecule has 0 radical (unpaired) electrons. The Balaban J connectivity index is 1.68. The molecule has 5 nitrogen and oxygen atoms in total. The fraction of sp³-hybridized carbons (Fsp3) is 0.375. The van der Waals surface area contributed by atoms with Crippen LogP contribution in [0.2, 0.25) is 0 Å².